The van der Waals surface area contributed by atoms with Gasteiger partial charge in [0, 0.05) is 6.54 Å². The van der Waals surface area contributed by atoms with Crippen LogP contribution in [-0.2, 0) is 19.2 Å². The lowest BCUT2D eigenvalue weighted by Gasteiger charge is -2.24. The van der Waals surface area contributed by atoms with Crippen molar-refractivity contribution >= 4 is 41.4 Å². The first-order chi connectivity index (χ1) is 14.5. The molecule has 0 aromatic heterocycles. The fraction of sp³-hybridized carbons (Fsp3) is 0.722. The Morgan fingerprint density at radius 3 is 2.10 bits per heavy atom. The van der Waals surface area contributed by atoms with E-state index in [1.54, 1.807) is 13.8 Å². The molecule has 31 heavy (non-hydrogen) atoms. The second kappa shape index (κ2) is 15.3. The molecule has 3 amide bonds. The minimum Gasteiger partial charge on any atom is -0.480 e. The molecule has 0 radical (unpaired) electrons. The minimum absolute atomic E-state index is 0.0842. The van der Waals surface area contributed by atoms with Crippen LogP contribution in [0.5, 0.6) is 0 Å². The number of nitrogens with zero attached hydrogens (tertiary/aromatic N) is 1. The van der Waals surface area contributed by atoms with E-state index in [1.165, 1.54) is 11.8 Å². The van der Waals surface area contributed by atoms with Crippen molar-refractivity contribution in [3.8, 4) is 0 Å². The van der Waals surface area contributed by atoms with Gasteiger partial charge in [-0.2, -0.15) is 11.8 Å². The lowest BCUT2D eigenvalue weighted by Crippen LogP contribution is -2.56. The first kappa shape index (κ1) is 28.5. The molecule has 13 heteroatoms. The second-order valence-corrected chi connectivity index (χ2v) is 8.22. The van der Waals surface area contributed by atoms with Gasteiger partial charge >= 0.3 is 5.97 Å². The Hall–Kier alpha value is -2.54. The Kier molecular flexibility index (Phi) is 14.0. The number of nitrogens with one attached hydrogen (secondary N) is 3. The van der Waals surface area contributed by atoms with Gasteiger partial charge in [0.2, 0.25) is 17.7 Å². The molecule has 0 heterocycles. The molecular weight excluding hydrogens is 426 g/mol. The number of nitrogens with two attached hydrogens (primary N) is 3. The van der Waals surface area contributed by atoms with Gasteiger partial charge in [-0.1, -0.05) is 13.8 Å². The molecule has 0 saturated carbocycles. The minimum atomic E-state index is -1.20. The first-order valence-corrected chi connectivity index (χ1v) is 11.3. The van der Waals surface area contributed by atoms with Crippen molar-refractivity contribution < 1.29 is 24.3 Å². The normalized spacial score (nSPS) is 13.6. The number of rotatable bonds is 15. The maximum atomic E-state index is 12.9. The zero-order valence-electron chi connectivity index (χ0n) is 18.2. The van der Waals surface area contributed by atoms with E-state index in [1.807, 2.05) is 6.26 Å². The number of carboxylic acid groups (broad SMARTS) is 1. The van der Waals surface area contributed by atoms with Crippen molar-refractivity contribution in [3.63, 3.8) is 0 Å². The molecule has 0 spiro atoms. The molecule has 0 aromatic rings. The van der Waals surface area contributed by atoms with Crippen molar-refractivity contribution in [2.45, 2.75) is 51.2 Å². The topological polar surface area (TPSA) is 215 Å². The van der Waals surface area contributed by atoms with Crippen LogP contribution in [0.25, 0.3) is 0 Å². The summed E-state index contributed by atoms with van der Waals surface area (Å²) >= 11 is 1.47. The van der Waals surface area contributed by atoms with E-state index in [-0.39, 0.29) is 24.8 Å². The monoisotopic (exact) mass is 461 g/mol. The third kappa shape index (κ3) is 12.7. The maximum absolute atomic E-state index is 12.9. The summed E-state index contributed by atoms with van der Waals surface area (Å²) < 4.78 is 0. The first-order valence-electron chi connectivity index (χ1n) is 9.89. The van der Waals surface area contributed by atoms with Crippen LogP contribution in [0, 0.1) is 5.92 Å². The molecule has 3 atom stereocenters. The number of carbonyl (C=O) groups excluding carboxylic acids is 3. The van der Waals surface area contributed by atoms with E-state index in [0.29, 0.717) is 18.6 Å². The van der Waals surface area contributed by atoms with E-state index in [0.717, 1.165) is 0 Å². The van der Waals surface area contributed by atoms with Gasteiger partial charge in [-0.15, -0.1) is 0 Å². The lowest BCUT2D eigenvalue weighted by molar-refractivity contribution is -0.138. The van der Waals surface area contributed by atoms with Gasteiger partial charge in [-0.25, -0.2) is 0 Å². The van der Waals surface area contributed by atoms with Gasteiger partial charge in [-0.3, -0.25) is 24.2 Å². The van der Waals surface area contributed by atoms with Gasteiger partial charge in [0.05, 0.1) is 6.04 Å². The third-order valence-electron chi connectivity index (χ3n) is 4.26. The number of aliphatic imine (C=N–C) groups is 1. The average molecular weight is 462 g/mol. The summed E-state index contributed by atoms with van der Waals surface area (Å²) in [5.41, 5.74) is 16.4. The highest BCUT2D eigenvalue weighted by Crippen LogP contribution is 2.06. The predicted octanol–water partition coefficient (Wildman–Crippen LogP) is -2.05. The van der Waals surface area contributed by atoms with Crippen LogP contribution in [0.2, 0.25) is 0 Å². The zero-order valence-corrected chi connectivity index (χ0v) is 19.0. The molecule has 10 N–H and O–H groups in total. The van der Waals surface area contributed by atoms with Crippen molar-refractivity contribution in [2.75, 3.05) is 25.1 Å². The molecule has 0 aliphatic carbocycles. The van der Waals surface area contributed by atoms with Gasteiger partial charge in [0.1, 0.15) is 18.6 Å². The Bertz CT molecular complexity index is 641. The van der Waals surface area contributed by atoms with Crippen LogP contribution in [0.15, 0.2) is 4.99 Å². The van der Waals surface area contributed by atoms with Gasteiger partial charge in [-0.05, 0) is 37.2 Å². The van der Waals surface area contributed by atoms with Gasteiger partial charge < -0.3 is 38.3 Å². The summed E-state index contributed by atoms with van der Waals surface area (Å²) in [7, 11) is 0. The van der Waals surface area contributed by atoms with Crippen LogP contribution < -0.4 is 33.2 Å². The Morgan fingerprint density at radius 2 is 1.58 bits per heavy atom. The molecular formula is C18H35N7O5S. The van der Waals surface area contributed by atoms with E-state index >= 15 is 0 Å². The number of guanidine groups is 1. The molecule has 0 saturated heterocycles. The molecule has 0 aromatic carbocycles. The van der Waals surface area contributed by atoms with Crippen molar-refractivity contribution in [1.82, 2.24) is 16.0 Å². The van der Waals surface area contributed by atoms with Crippen LogP contribution in [-0.4, -0.2) is 78.0 Å². The van der Waals surface area contributed by atoms with Gasteiger partial charge in [0.25, 0.3) is 0 Å². The number of carbonyl (C=O) groups is 4. The smallest absolute Gasteiger partial charge is 0.322 e. The number of carboxylic acids is 1. The van der Waals surface area contributed by atoms with Crippen molar-refractivity contribution in [3.05, 3.63) is 0 Å². The van der Waals surface area contributed by atoms with E-state index in [2.05, 4.69) is 20.9 Å². The Labute approximate surface area is 186 Å². The van der Waals surface area contributed by atoms with E-state index < -0.39 is 48.4 Å². The summed E-state index contributed by atoms with van der Waals surface area (Å²) in [4.78, 5) is 52.1. The number of hydrogen-bond acceptors (Lipinski definition) is 7. The third-order valence-corrected chi connectivity index (χ3v) is 4.90. The van der Waals surface area contributed by atoms with Crippen LogP contribution in [0.4, 0.5) is 0 Å². The summed E-state index contributed by atoms with van der Waals surface area (Å²) in [6.07, 6.45) is 2.74. The summed E-state index contributed by atoms with van der Waals surface area (Å²) in [5, 5.41) is 16.2. The molecule has 178 valence electrons. The standard InChI is InChI=1S/C18H35N7O5S/c1-10(2)14(19)17(30)25-11(5-4-7-22-18(20)21)16(29)24-12(6-8-31-3)15(28)23-9-13(26)27/h10-12,14H,4-9,19H2,1-3H3,(H,23,28)(H,24,29)(H,25,30)(H,26,27)(H4,20,21,22). The molecule has 0 aliphatic heterocycles. The quantitative estimate of drug-likeness (QED) is 0.0810. The van der Waals surface area contributed by atoms with Crippen LogP contribution >= 0.6 is 11.8 Å². The summed E-state index contributed by atoms with van der Waals surface area (Å²) in [6, 6.07) is -2.72. The molecule has 12 nitrogen and oxygen atoms in total. The molecule has 0 fully saturated rings. The molecule has 0 rings (SSSR count). The molecule has 3 unspecified atom stereocenters. The number of amides is 3. The largest absolute Gasteiger partial charge is 0.480 e. The molecule has 0 aliphatic rings. The highest BCUT2D eigenvalue weighted by molar-refractivity contribution is 7.98. The second-order valence-electron chi connectivity index (χ2n) is 7.23. The molecule has 0 bridgehead atoms. The highest BCUT2D eigenvalue weighted by Gasteiger charge is 2.28. The SMILES string of the molecule is CSCCC(NC(=O)C(CCCN=C(N)N)NC(=O)C(N)C(C)C)C(=O)NCC(=O)O. The fourth-order valence-corrected chi connectivity index (χ4v) is 2.88. The number of hydrogen-bond donors (Lipinski definition) is 7. The Balaban J connectivity index is 5.29. The van der Waals surface area contributed by atoms with Crippen LogP contribution in [0.3, 0.4) is 0 Å². The summed E-state index contributed by atoms with van der Waals surface area (Å²) in [6.45, 7) is 3.26. The lowest BCUT2D eigenvalue weighted by atomic mass is 10.0. The summed E-state index contributed by atoms with van der Waals surface area (Å²) in [5.74, 6) is -2.55. The van der Waals surface area contributed by atoms with E-state index in [9.17, 15) is 19.2 Å². The van der Waals surface area contributed by atoms with Crippen molar-refractivity contribution in [1.29, 1.82) is 0 Å². The number of aliphatic carboxylic acids is 1. The van der Waals surface area contributed by atoms with Gasteiger partial charge in [0.15, 0.2) is 5.96 Å². The Morgan fingerprint density at radius 1 is 1.00 bits per heavy atom. The zero-order chi connectivity index (χ0) is 24.0. The maximum Gasteiger partial charge on any atom is 0.322 e. The van der Waals surface area contributed by atoms with Crippen molar-refractivity contribution in [2.24, 2.45) is 28.1 Å². The van der Waals surface area contributed by atoms with Crippen LogP contribution in [0.1, 0.15) is 33.1 Å². The fourth-order valence-electron chi connectivity index (χ4n) is 2.41. The predicted molar refractivity (Wildman–Crippen MR) is 120 cm³/mol. The van der Waals surface area contributed by atoms with E-state index in [4.69, 9.17) is 22.3 Å². The highest BCUT2D eigenvalue weighted by atomic mass is 32.2. The number of thioether (sulfide) groups is 1. The average Bonchev–Trinajstić information content (AvgIpc) is 2.69.